The smallest absolute Gasteiger partial charge is 0.255 e. The summed E-state index contributed by atoms with van der Waals surface area (Å²) in [5.41, 5.74) is 2.10. The van der Waals surface area contributed by atoms with Gasteiger partial charge in [-0.3, -0.25) is 4.79 Å². The van der Waals surface area contributed by atoms with Crippen molar-refractivity contribution in [1.82, 2.24) is 10.3 Å². The highest BCUT2D eigenvalue weighted by atomic mass is 16.5. The van der Waals surface area contributed by atoms with Crippen LogP contribution in [0.3, 0.4) is 0 Å². The van der Waals surface area contributed by atoms with Gasteiger partial charge in [0.2, 0.25) is 0 Å². The fourth-order valence-electron chi connectivity index (χ4n) is 2.76. The molecule has 30 heavy (non-hydrogen) atoms. The van der Waals surface area contributed by atoms with Gasteiger partial charge in [-0.05, 0) is 61.0 Å². The van der Waals surface area contributed by atoms with Crippen LogP contribution in [0.5, 0.6) is 11.5 Å². The molecule has 0 saturated heterocycles. The summed E-state index contributed by atoms with van der Waals surface area (Å²) in [6, 6.07) is 20.1. The highest BCUT2D eigenvalue weighted by Crippen LogP contribution is 2.21. The van der Waals surface area contributed by atoms with E-state index in [1.807, 2.05) is 49.4 Å². The van der Waals surface area contributed by atoms with E-state index < -0.39 is 0 Å². The summed E-state index contributed by atoms with van der Waals surface area (Å²) >= 11 is 0. The van der Waals surface area contributed by atoms with Crippen LogP contribution in [-0.4, -0.2) is 24.1 Å². The van der Waals surface area contributed by atoms with Crippen LogP contribution in [0, 0.1) is 11.3 Å². The predicted octanol–water partition coefficient (Wildman–Crippen LogP) is 4.06. The zero-order valence-corrected chi connectivity index (χ0v) is 16.6. The van der Waals surface area contributed by atoms with Crippen LogP contribution in [0.15, 0.2) is 66.9 Å². The van der Waals surface area contributed by atoms with Gasteiger partial charge in [0.05, 0.1) is 12.2 Å². The topological polar surface area (TPSA) is 96.3 Å². The molecule has 0 aliphatic rings. The molecule has 0 bridgehead atoms. The first-order chi connectivity index (χ1) is 14.7. The minimum atomic E-state index is -0.250. The lowest BCUT2D eigenvalue weighted by atomic mass is 10.2. The zero-order chi connectivity index (χ0) is 21.2. The van der Waals surface area contributed by atoms with Crippen molar-refractivity contribution in [2.75, 3.05) is 18.5 Å². The summed E-state index contributed by atoms with van der Waals surface area (Å²) in [5.74, 6) is 1.58. The van der Waals surface area contributed by atoms with Crippen LogP contribution in [0.1, 0.15) is 22.8 Å². The molecule has 0 spiro atoms. The molecule has 2 N–H and O–H groups in total. The van der Waals surface area contributed by atoms with E-state index in [1.165, 1.54) is 0 Å². The van der Waals surface area contributed by atoms with E-state index in [2.05, 4.69) is 15.6 Å². The molecule has 1 aromatic heterocycles. The van der Waals surface area contributed by atoms with Crippen molar-refractivity contribution in [3.05, 3.63) is 78.0 Å². The number of anilines is 2. The van der Waals surface area contributed by atoms with Gasteiger partial charge in [-0.2, -0.15) is 5.26 Å². The first-order valence-corrected chi connectivity index (χ1v) is 9.51. The highest BCUT2D eigenvalue weighted by Gasteiger charge is 2.12. The Labute approximate surface area is 175 Å². The molecule has 7 nitrogen and oxygen atoms in total. The first kappa shape index (κ1) is 20.7. The molecule has 0 atom stereocenters. The summed E-state index contributed by atoms with van der Waals surface area (Å²) in [5, 5.41) is 14.7. The molecule has 7 heteroatoms. The summed E-state index contributed by atoms with van der Waals surface area (Å²) in [6.07, 6.45) is 1.63. The number of amides is 1. The van der Waals surface area contributed by atoms with Crippen molar-refractivity contribution >= 4 is 17.4 Å². The second kappa shape index (κ2) is 10.5. The monoisotopic (exact) mass is 402 g/mol. The van der Waals surface area contributed by atoms with Gasteiger partial charge >= 0.3 is 0 Å². The maximum atomic E-state index is 12.7. The highest BCUT2D eigenvalue weighted by molar-refractivity contribution is 5.99. The lowest BCUT2D eigenvalue weighted by Crippen LogP contribution is -2.24. The number of nitrogens with one attached hydrogen (secondary N) is 2. The van der Waals surface area contributed by atoms with Crippen LogP contribution in [0.2, 0.25) is 0 Å². The molecule has 1 heterocycles. The molecule has 1 amide bonds. The molecule has 0 aliphatic heterocycles. The van der Waals surface area contributed by atoms with E-state index >= 15 is 0 Å². The molecular formula is C23H22N4O3. The Morgan fingerprint density at radius 2 is 1.90 bits per heavy atom. The van der Waals surface area contributed by atoms with Crippen LogP contribution < -0.4 is 20.1 Å². The largest absolute Gasteiger partial charge is 0.494 e. The van der Waals surface area contributed by atoms with E-state index in [-0.39, 0.29) is 12.5 Å². The number of benzene rings is 2. The third kappa shape index (κ3) is 5.72. The fraction of sp³-hybridized carbons (Fsp3) is 0.174. The Bertz CT molecular complexity index is 1030. The molecule has 3 rings (SSSR count). The molecule has 0 aliphatic carbocycles. The Kier molecular flexibility index (Phi) is 7.23. The number of carbonyl (C=O) groups is 1. The summed E-state index contributed by atoms with van der Waals surface area (Å²) < 4.78 is 10.7. The summed E-state index contributed by atoms with van der Waals surface area (Å²) in [7, 11) is 0. The first-order valence-electron chi connectivity index (χ1n) is 9.51. The lowest BCUT2D eigenvalue weighted by molar-refractivity contribution is 0.0951. The number of rotatable bonds is 9. The van der Waals surface area contributed by atoms with Gasteiger partial charge in [0.1, 0.15) is 23.4 Å². The van der Waals surface area contributed by atoms with Crippen molar-refractivity contribution in [2.24, 2.45) is 0 Å². The SMILES string of the molecule is CCOc1ccc(Nc2ncccc2C(=O)NCc2cccc(OCC#N)c2)cc1. The van der Waals surface area contributed by atoms with Gasteiger partial charge < -0.3 is 20.1 Å². The second-order valence-corrected chi connectivity index (χ2v) is 6.26. The van der Waals surface area contributed by atoms with Gasteiger partial charge in [0, 0.05) is 18.4 Å². The minimum absolute atomic E-state index is 0.0218. The molecule has 3 aromatic rings. The van der Waals surface area contributed by atoms with Crippen molar-refractivity contribution < 1.29 is 14.3 Å². The lowest BCUT2D eigenvalue weighted by Gasteiger charge is -2.12. The maximum Gasteiger partial charge on any atom is 0.255 e. The minimum Gasteiger partial charge on any atom is -0.494 e. The van der Waals surface area contributed by atoms with Crippen LogP contribution in [-0.2, 0) is 6.54 Å². The van der Waals surface area contributed by atoms with E-state index in [4.69, 9.17) is 14.7 Å². The van der Waals surface area contributed by atoms with E-state index in [0.717, 1.165) is 17.0 Å². The average molecular weight is 402 g/mol. The van der Waals surface area contributed by atoms with Gasteiger partial charge in [-0.1, -0.05) is 12.1 Å². The quantitative estimate of drug-likeness (QED) is 0.560. The molecule has 152 valence electrons. The molecular weight excluding hydrogens is 380 g/mol. The van der Waals surface area contributed by atoms with Crippen molar-refractivity contribution in [1.29, 1.82) is 5.26 Å². The summed E-state index contributed by atoms with van der Waals surface area (Å²) in [6.45, 7) is 2.83. The second-order valence-electron chi connectivity index (χ2n) is 6.26. The van der Waals surface area contributed by atoms with Crippen LogP contribution >= 0.6 is 0 Å². The number of carbonyl (C=O) groups excluding carboxylic acids is 1. The third-order valence-electron chi connectivity index (χ3n) is 4.14. The van der Waals surface area contributed by atoms with Crippen LogP contribution in [0.4, 0.5) is 11.5 Å². The Morgan fingerprint density at radius 1 is 1.07 bits per heavy atom. The van der Waals surface area contributed by atoms with Crippen molar-refractivity contribution in [2.45, 2.75) is 13.5 Å². The molecule has 0 unspecified atom stereocenters. The number of nitrogens with zero attached hydrogens (tertiary/aromatic N) is 2. The van der Waals surface area contributed by atoms with Crippen molar-refractivity contribution in [3.63, 3.8) is 0 Å². The molecule has 0 fully saturated rings. The van der Waals surface area contributed by atoms with Crippen LogP contribution in [0.25, 0.3) is 0 Å². The number of ether oxygens (including phenoxy) is 2. The number of nitriles is 1. The van der Waals surface area contributed by atoms with E-state index in [9.17, 15) is 4.79 Å². The van der Waals surface area contributed by atoms with E-state index in [1.54, 1.807) is 30.5 Å². The number of aromatic nitrogens is 1. The van der Waals surface area contributed by atoms with Gasteiger partial charge in [0.25, 0.3) is 5.91 Å². The normalized spacial score (nSPS) is 10.0. The number of hydrogen-bond donors (Lipinski definition) is 2. The molecule has 2 aromatic carbocycles. The predicted molar refractivity (Wildman–Crippen MR) is 114 cm³/mol. The maximum absolute atomic E-state index is 12.7. The van der Waals surface area contributed by atoms with Gasteiger partial charge in [-0.15, -0.1) is 0 Å². The Balaban J connectivity index is 1.66. The molecule has 0 radical (unpaired) electrons. The molecule has 0 saturated carbocycles. The van der Waals surface area contributed by atoms with E-state index in [0.29, 0.717) is 30.3 Å². The fourth-order valence-corrected chi connectivity index (χ4v) is 2.76. The summed E-state index contributed by atoms with van der Waals surface area (Å²) in [4.78, 5) is 17.0. The number of pyridine rings is 1. The Morgan fingerprint density at radius 3 is 2.67 bits per heavy atom. The van der Waals surface area contributed by atoms with Crippen molar-refractivity contribution in [3.8, 4) is 17.6 Å². The van der Waals surface area contributed by atoms with Gasteiger partial charge in [-0.25, -0.2) is 4.98 Å². The average Bonchev–Trinajstić information content (AvgIpc) is 2.78. The van der Waals surface area contributed by atoms with Gasteiger partial charge in [0.15, 0.2) is 6.61 Å². The third-order valence-corrected chi connectivity index (χ3v) is 4.14. The number of hydrogen-bond acceptors (Lipinski definition) is 6. The standard InChI is InChI=1S/C23H22N4O3/c1-2-29-19-10-8-18(9-11-19)27-22-21(7-4-13-25-22)23(28)26-16-17-5-3-6-20(15-17)30-14-12-24/h3-11,13,15H,2,14,16H2,1H3,(H,25,27)(H,26,28). The Hall–Kier alpha value is -4.05. The zero-order valence-electron chi connectivity index (χ0n) is 16.6.